The van der Waals surface area contributed by atoms with Crippen LogP contribution in [0.25, 0.3) is 0 Å². The first-order valence-electron chi connectivity index (χ1n) is 6.46. The van der Waals surface area contributed by atoms with E-state index in [2.05, 4.69) is 14.8 Å². The van der Waals surface area contributed by atoms with Gasteiger partial charge in [-0.2, -0.15) is 0 Å². The summed E-state index contributed by atoms with van der Waals surface area (Å²) in [6.07, 6.45) is 1.46. The van der Waals surface area contributed by atoms with Crippen LogP contribution in [0.5, 0.6) is 5.75 Å². The van der Waals surface area contributed by atoms with E-state index < -0.39 is 5.97 Å². The standard InChI is InChI=1S/C14H18N4O3/c1-9(15)12(10-6-4-5-7-11(10)20-2)18-8-16-13(17-18)14(19)21-3/h4-9,12H,15H2,1-3H3. The van der Waals surface area contributed by atoms with E-state index in [0.29, 0.717) is 5.75 Å². The highest BCUT2D eigenvalue weighted by molar-refractivity contribution is 5.84. The second-order valence-electron chi connectivity index (χ2n) is 4.59. The van der Waals surface area contributed by atoms with Gasteiger partial charge >= 0.3 is 5.97 Å². The molecule has 7 nitrogen and oxygen atoms in total. The van der Waals surface area contributed by atoms with E-state index in [0.717, 1.165) is 5.56 Å². The highest BCUT2D eigenvalue weighted by atomic mass is 16.5. The molecule has 0 aliphatic heterocycles. The minimum absolute atomic E-state index is 0.00181. The molecule has 1 aromatic carbocycles. The van der Waals surface area contributed by atoms with Gasteiger partial charge < -0.3 is 15.2 Å². The average molecular weight is 290 g/mol. The Morgan fingerprint density at radius 2 is 2.05 bits per heavy atom. The molecule has 0 aliphatic carbocycles. The number of nitrogens with two attached hydrogens (primary N) is 1. The van der Waals surface area contributed by atoms with Crippen molar-refractivity contribution >= 4 is 5.97 Å². The molecule has 2 unspecified atom stereocenters. The molecule has 2 rings (SSSR count). The van der Waals surface area contributed by atoms with Gasteiger partial charge in [-0.05, 0) is 13.0 Å². The number of para-hydroxylation sites is 1. The van der Waals surface area contributed by atoms with Gasteiger partial charge in [-0.25, -0.2) is 14.5 Å². The number of nitrogens with zero attached hydrogens (tertiary/aromatic N) is 3. The fourth-order valence-corrected chi connectivity index (χ4v) is 2.17. The Labute approximate surface area is 122 Å². The fourth-order valence-electron chi connectivity index (χ4n) is 2.17. The number of methoxy groups -OCH3 is 2. The lowest BCUT2D eigenvalue weighted by molar-refractivity contribution is 0.0586. The van der Waals surface area contributed by atoms with Crippen molar-refractivity contribution in [2.75, 3.05) is 14.2 Å². The van der Waals surface area contributed by atoms with Crippen molar-refractivity contribution < 1.29 is 14.3 Å². The Hall–Kier alpha value is -2.41. The fraction of sp³-hybridized carbons (Fsp3) is 0.357. The maximum absolute atomic E-state index is 11.5. The lowest BCUT2D eigenvalue weighted by atomic mass is 10.0. The quantitative estimate of drug-likeness (QED) is 0.826. The van der Waals surface area contributed by atoms with Crippen LogP contribution in [0.15, 0.2) is 30.6 Å². The molecular weight excluding hydrogens is 272 g/mol. The third-order valence-corrected chi connectivity index (χ3v) is 3.12. The topological polar surface area (TPSA) is 92.3 Å². The highest BCUT2D eigenvalue weighted by Gasteiger charge is 2.24. The number of carbonyl (C=O) groups excluding carboxylic acids is 1. The van der Waals surface area contributed by atoms with Crippen LogP contribution in [0.2, 0.25) is 0 Å². The first-order valence-corrected chi connectivity index (χ1v) is 6.46. The van der Waals surface area contributed by atoms with Gasteiger partial charge in [0.25, 0.3) is 5.82 Å². The summed E-state index contributed by atoms with van der Waals surface area (Å²) in [5.74, 6) is 0.116. The first kappa shape index (κ1) is 15.0. The third-order valence-electron chi connectivity index (χ3n) is 3.12. The summed E-state index contributed by atoms with van der Waals surface area (Å²) >= 11 is 0. The van der Waals surface area contributed by atoms with E-state index in [1.165, 1.54) is 13.4 Å². The number of ether oxygens (including phenoxy) is 2. The second kappa shape index (κ2) is 6.36. The summed E-state index contributed by atoms with van der Waals surface area (Å²) in [4.78, 5) is 15.4. The van der Waals surface area contributed by atoms with Gasteiger partial charge in [0.05, 0.1) is 20.3 Å². The maximum atomic E-state index is 11.5. The number of rotatable bonds is 5. The van der Waals surface area contributed by atoms with E-state index in [-0.39, 0.29) is 17.9 Å². The van der Waals surface area contributed by atoms with E-state index in [4.69, 9.17) is 10.5 Å². The molecule has 0 saturated carbocycles. The summed E-state index contributed by atoms with van der Waals surface area (Å²) in [6.45, 7) is 1.86. The number of hydrogen-bond donors (Lipinski definition) is 1. The SMILES string of the molecule is COC(=O)c1ncn(C(c2ccccc2OC)C(C)N)n1. The van der Waals surface area contributed by atoms with Gasteiger partial charge in [-0.1, -0.05) is 18.2 Å². The van der Waals surface area contributed by atoms with E-state index >= 15 is 0 Å². The summed E-state index contributed by atoms with van der Waals surface area (Å²) in [7, 11) is 2.88. The minimum atomic E-state index is -0.586. The van der Waals surface area contributed by atoms with Crippen molar-refractivity contribution in [3.8, 4) is 5.75 Å². The summed E-state index contributed by atoms with van der Waals surface area (Å²) in [5.41, 5.74) is 6.95. The zero-order valence-electron chi connectivity index (χ0n) is 12.2. The molecule has 1 heterocycles. The lowest BCUT2D eigenvalue weighted by Gasteiger charge is -2.23. The van der Waals surface area contributed by atoms with Gasteiger partial charge in [0.1, 0.15) is 12.1 Å². The van der Waals surface area contributed by atoms with Crippen LogP contribution in [0.3, 0.4) is 0 Å². The maximum Gasteiger partial charge on any atom is 0.377 e. The molecule has 0 saturated heterocycles. The molecule has 21 heavy (non-hydrogen) atoms. The Morgan fingerprint density at radius 3 is 2.67 bits per heavy atom. The summed E-state index contributed by atoms with van der Waals surface area (Å²) < 4.78 is 11.5. The van der Waals surface area contributed by atoms with Crippen LogP contribution in [0.4, 0.5) is 0 Å². The number of benzene rings is 1. The predicted molar refractivity (Wildman–Crippen MR) is 76.1 cm³/mol. The number of hydrogen-bond acceptors (Lipinski definition) is 6. The van der Waals surface area contributed by atoms with E-state index in [9.17, 15) is 4.79 Å². The molecule has 2 atom stereocenters. The smallest absolute Gasteiger partial charge is 0.377 e. The van der Waals surface area contributed by atoms with Gasteiger partial charge in [0.15, 0.2) is 0 Å². The van der Waals surface area contributed by atoms with Crippen LogP contribution in [0, 0.1) is 0 Å². The summed E-state index contributed by atoms with van der Waals surface area (Å²) in [5, 5.41) is 4.15. The van der Waals surface area contributed by atoms with Gasteiger partial charge in [0.2, 0.25) is 0 Å². The molecule has 0 fully saturated rings. The first-order chi connectivity index (χ1) is 10.1. The number of esters is 1. The van der Waals surface area contributed by atoms with Crippen LogP contribution in [-0.2, 0) is 4.74 Å². The molecule has 0 aliphatic rings. The van der Waals surface area contributed by atoms with E-state index in [1.54, 1.807) is 11.8 Å². The Balaban J connectivity index is 2.44. The molecule has 0 bridgehead atoms. The van der Waals surface area contributed by atoms with Crippen molar-refractivity contribution in [2.24, 2.45) is 5.73 Å². The van der Waals surface area contributed by atoms with Crippen LogP contribution >= 0.6 is 0 Å². The zero-order valence-corrected chi connectivity index (χ0v) is 12.2. The average Bonchev–Trinajstić information content (AvgIpc) is 2.96. The second-order valence-corrected chi connectivity index (χ2v) is 4.59. The monoisotopic (exact) mass is 290 g/mol. The zero-order chi connectivity index (χ0) is 15.4. The van der Waals surface area contributed by atoms with Crippen LogP contribution in [0.1, 0.15) is 29.1 Å². The van der Waals surface area contributed by atoms with Gasteiger partial charge in [0, 0.05) is 11.6 Å². The molecule has 2 aromatic rings. The molecule has 7 heteroatoms. The molecule has 112 valence electrons. The normalized spacial score (nSPS) is 13.5. The molecular formula is C14H18N4O3. The Kier molecular flexibility index (Phi) is 4.54. The van der Waals surface area contributed by atoms with Crippen LogP contribution < -0.4 is 10.5 Å². The number of carbonyl (C=O) groups is 1. The predicted octanol–water partition coefficient (Wildman–Crippen LogP) is 1.01. The minimum Gasteiger partial charge on any atom is -0.496 e. The van der Waals surface area contributed by atoms with Crippen molar-refractivity contribution in [1.82, 2.24) is 14.8 Å². The third kappa shape index (κ3) is 3.03. The molecule has 0 amide bonds. The lowest BCUT2D eigenvalue weighted by Crippen LogP contribution is -2.31. The van der Waals surface area contributed by atoms with Gasteiger partial charge in [-0.15, -0.1) is 5.10 Å². The van der Waals surface area contributed by atoms with E-state index in [1.807, 2.05) is 31.2 Å². The van der Waals surface area contributed by atoms with Crippen molar-refractivity contribution in [3.05, 3.63) is 42.0 Å². The van der Waals surface area contributed by atoms with Gasteiger partial charge in [-0.3, -0.25) is 0 Å². The van der Waals surface area contributed by atoms with Crippen molar-refractivity contribution in [1.29, 1.82) is 0 Å². The van der Waals surface area contributed by atoms with Crippen molar-refractivity contribution in [2.45, 2.75) is 19.0 Å². The molecule has 2 N–H and O–H groups in total. The van der Waals surface area contributed by atoms with Crippen molar-refractivity contribution in [3.63, 3.8) is 0 Å². The van der Waals surface area contributed by atoms with Crippen LogP contribution in [-0.4, -0.2) is 41.0 Å². The molecule has 0 radical (unpaired) electrons. The molecule has 0 spiro atoms. The highest BCUT2D eigenvalue weighted by Crippen LogP contribution is 2.29. The summed E-state index contributed by atoms with van der Waals surface area (Å²) in [6, 6.07) is 6.98. The Bertz CT molecular complexity index is 624. The largest absolute Gasteiger partial charge is 0.496 e. The Morgan fingerprint density at radius 1 is 1.33 bits per heavy atom. The number of aromatic nitrogens is 3. The molecule has 1 aromatic heterocycles.